The number of hydrogen-bond acceptors (Lipinski definition) is 8. The van der Waals surface area contributed by atoms with Crippen molar-refractivity contribution in [2.45, 2.75) is 33.7 Å². The summed E-state index contributed by atoms with van der Waals surface area (Å²) < 4.78 is 15.4. The first kappa shape index (κ1) is 20.4. The Labute approximate surface area is 167 Å². The van der Waals surface area contributed by atoms with Crippen LogP contribution in [0.2, 0.25) is 0 Å². The Hall–Kier alpha value is -3.37. The molecule has 1 N–H and O–H groups in total. The molecule has 0 aliphatic carbocycles. The van der Waals surface area contributed by atoms with Crippen molar-refractivity contribution in [2.24, 2.45) is 4.99 Å². The third kappa shape index (κ3) is 4.73. The van der Waals surface area contributed by atoms with Crippen molar-refractivity contribution in [1.29, 1.82) is 0 Å². The van der Waals surface area contributed by atoms with Gasteiger partial charge in [0.15, 0.2) is 0 Å². The molecule has 156 valence electrons. The molecule has 0 saturated heterocycles. The fourth-order valence-electron chi connectivity index (χ4n) is 2.87. The predicted octanol–water partition coefficient (Wildman–Crippen LogP) is 0.826. The smallest absolute Gasteiger partial charge is 0.348 e. The minimum atomic E-state index is -0.495. The highest BCUT2D eigenvalue weighted by Gasteiger charge is 2.32. The van der Waals surface area contributed by atoms with E-state index in [2.05, 4.69) is 15.5 Å². The van der Waals surface area contributed by atoms with E-state index in [4.69, 9.17) is 14.0 Å². The number of nitrogens with one attached hydrogen (secondary N) is 1. The van der Waals surface area contributed by atoms with Crippen molar-refractivity contribution in [2.75, 3.05) is 26.2 Å². The van der Waals surface area contributed by atoms with Crippen LogP contribution in [0.4, 0.5) is 4.79 Å². The highest BCUT2D eigenvalue weighted by Crippen LogP contribution is 2.20. The van der Waals surface area contributed by atoms with Gasteiger partial charge in [-0.3, -0.25) is 14.5 Å². The lowest BCUT2D eigenvalue weighted by atomic mass is 10.2. The Kier molecular flexibility index (Phi) is 6.15. The number of rotatable bonds is 7. The van der Waals surface area contributed by atoms with Gasteiger partial charge in [0.1, 0.15) is 5.76 Å². The molecule has 3 amide bonds. The van der Waals surface area contributed by atoms with Gasteiger partial charge in [-0.1, -0.05) is 5.16 Å². The van der Waals surface area contributed by atoms with Gasteiger partial charge in [0.2, 0.25) is 5.76 Å². The number of nitrogens with zero attached hydrogens (tertiary/aromatic N) is 4. The third-order valence-corrected chi connectivity index (χ3v) is 4.47. The van der Waals surface area contributed by atoms with E-state index in [-0.39, 0.29) is 31.4 Å². The Morgan fingerprint density at radius 1 is 1.31 bits per heavy atom. The Morgan fingerprint density at radius 2 is 2.10 bits per heavy atom. The number of esters is 1. The van der Waals surface area contributed by atoms with Crippen molar-refractivity contribution in [3.05, 3.63) is 29.0 Å². The average Bonchev–Trinajstić information content (AvgIpc) is 3.18. The van der Waals surface area contributed by atoms with E-state index in [9.17, 15) is 14.4 Å². The van der Waals surface area contributed by atoms with E-state index in [0.29, 0.717) is 25.4 Å². The Bertz CT molecular complexity index is 855. The van der Waals surface area contributed by atoms with E-state index in [0.717, 1.165) is 11.3 Å². The number of carbonyl (C=O) groups is 3. The molecule has 0 saturated carbocycles. The maximum absolute atomic E-state index is 12.5. The fraction of sp³-hybridized carbons (Fsp3) is 0.500. The van der Waals surface area contributed by atoms with Crippen LogP contribution in [0.5, 0.6) is 0 Å². The zero-order valence-electron chi connectivity index (χ0n) is 16.6. The monoisotopic (exact) mass is 405 g/mol. The second-order valence-corrected chi connectivity index (χ2v) is 6.50. The van der Waals surface area contributed by atoms with Crippen LogP contribution >= 0.6 is 0 Å². The van der Waals surface area contributed by atoms with E-state index in [1.165, 1.54) is 6.20 Å². The van der Waals surface area contributed by atoms with Crippen LogP contribution in [-0.4, -0.2) is 65.1 Å². The average molecular weight is 405 g/mol. The molecular formula is C18H23N5O6. The number of hydrogen-bond donors (Lipinski definition) is 1. The molecule has 0 fully saturated rings. The maximum atomic E-state index is 12.5. The summed E-state index contributed by atoms with van der Waals surface area (Å²) in [5.41, 5.74) is 1.57. The highest BCUT2D eigenvalue weighted by molar-refractivity contribution is 6.00. The molecule has 29 heavy (non-hydrogen) atoms. The van der Waals surface area contributed by atoms with Crippen molar-refractivity contribution in [3.8, 4) is 0 Å². The van der Waals surface area contributed by atoms with Gasteiger partial charge in [-0.15, -0.1) is 4.99 Å². The summed E-state index contributed by atoms with van der Waals surface area (Å²) >= 11 is 0. The number of amidine groups is 1. The summed E-state index contributed by atoms with van der Waals surface area (Å²) in [6, 6.07) is -0.424. The highest BCUT2D eigenvalue weighted by atomic mass is 16.5. The van der Waals surface area contributed by atoms with Gasteiger partial charge in [-0.2, -0.15) is 0 Å². The molecular weight excluding hydrogens is 382 g/mol. The normalized spacial score (nSPS) is 15.9. The Morgan fingerprint density at radius 3 is 2.79 bits per heavy atom. The summed E-state index contributed by atoms with van der Waals surface area (Å²) in [4.78, 5) is 43.1. The maximum Gasteiger partial charge on any atom is 0.348 e. The largest absolute Gasteiger partial charge is 0.466 e. The van der Waals surface area contributed by atoms with Gasteiger partial charge >= 0.3 is 18.0 Å². The molecule has 2 aliphatic rings. The minimum Gasteiger partial charge on any atom is -0.466 e. The van der Waals surface area contributed by atoms with Crippen molar-refractivity contribution < 1.29 is 28.4 Å². The minimum absolute atomic E-state index is 0.0135. The summed E-state index contributed by atoms with van der Waals surface area (Å²) in [6.45, 7) is 6.85. The molecule has 1 aromatic rings. The second-order valence-electron chi connectivity index (χ2n) is 6.50. The van der Waals surface area contributed by atoms with E-state index in [1.54, 1.807) is 23.6 Å². The van der Waals surface area contributed by atoms with Gasteiger partial charge < -0.3 is 24.2 Å². The van der Waals surface area contributed by atoms with E-state index >= 15 is 0 Å². The van der Waals surface area contributed by atoms with Crippen LogP contribution in [0.15, 0.2) is 21.5 Å². The zero-order chi connectivity index (χ0) is 21.0. The molecule has 0 unspecified atom stereocenters. The van der Waals surface area contributed by atoms with Gasteiger partial charge in [0.25, 0.3) is 5.91 Å². The Balaban J connectivity index is 1.57. The van der Waals surface area contributed by atoms with Gasteiger partial charge in [-0.05, 0) is 20.8 Å². The number of fused-ring (bicyclic) bond motifs is 1. The van der Waals surface area contributed by atoms with Crippen molar-refractivity contribution in [3.63, 3.8) is 0 Å². The van der Waals surface area contributed by atoms with Crippen LogP contribution in [-0.2, 0) is 25.6 Å². The first-order chi connectivity index (χ1) is 13.9. The molecule has 11 heteroatoms. The molecule has 0 aromatic carbocycles. The summed E-state index contributed by atoms with van der Waals surface area (Å²) in [7, 11) is 0. The molecule has 0 atom stereocenters. The molecule has 0 radical (unpaired) electrons. The third-order valence-electron chi connectivity index (χ3n) is 4.47. The summed E-state index contributed by atoms with van der Waals surface area (Å²) in [6.07, 6.45) is 1.55. The van der Waals surface area contributed by atoms with Gasteiger partial charge in [0.05, 0.1) is 31.5 Å². The number of aromatic nitrogens is 1. The quantitative estimate of drug-likeness (QED) is 0.661. The molecule has 3 rings (SSSR count). The predicted molar refractivity (Wildman–Crippen MR) is 99.4 cm³/mol. The van der Waals surface area contributed by atoms with E-state index < -0.39 is 17.9 Å². The number of amides is 3. The molecule has 0 spiro atoms. The molecule has 0 bridgehead atoms. The van der Waals surface area contributed by atoms with Gasteiger partial charge in [0, 0.05) is 25.2 Å². The molecule has 2 aliphatic heterocycles. The van der Waals surface area contributed by atoms with Crippen LogP contribution in [0, 0.1) is 13.8 Å². The van der Waals surface area contributed by atoms with Crippen LogP contribution in [0.1, 0.15) is 30.4 Å². The number of aliphatic imine (C=N–C) groups is 1. The topological polar surface area (TPSA) is 127 Å². The number of ether oxygens (including phenoxy) is 2. The lowest BCUT2D eigenvalue weighted by Gasteiger charge is -2.19. The lowest BCUT2D eigenvalue weighted by Crippen LogP contribution is -2.32. The van der Waals surface area contributed by atoms with Crippen molar-refractivity contribution in [1.82, 2.24) is 20.3 Å². The zero-order valence-corrected chi connectivity index (χ0v) is 16.6. The molecule has 3 heterocycles. The fourth-order valence-corrected chi connectivity index (χ4v) is 2.87. The standard InChI is InChI=1S/C18H23N5O6/c1-4-27-15(24)5-6-19-16(25)14-10-23-8-7-22(17(26)20-18(23)28-14)9-13-11(2)21-29-12(13)3/h10H,4-9H2,1-3H3,(H,19,25). The lowest BCUT2D eigenvalue weighted by molar-refractivity contribution is -0.143. The summed E-state index contributed by atoms with van der Waals surface area (Å²) in [5.74, 6) is -0.216. The number of carbonyl (C=O) groups excluding carboxylic acids is 3. The van der Waals surface area contributed by atoms with Crippen LogP contribution in [0.3, 0.4) is 0 Å². The number of aryl methyl sites for hydroxylation is 2. The van der Waals surface area contributed by atoms with Crippen molar-refractivity contribution >= 4 is 23.9 Å². The number of urea groups is 1. The molecule has 1 aromatic heterocycles. The summed E-state index contributed by atoms with van der Waals surface area (Å²) in [5, 5.41) is 6.47. The second kappa shape index (κ2) is 8.76. The molecule has 11 nitrogen and oxygen atoms in total. The SMILES string of the molecule is CCOC(=O)CCNC(=O)C1=CN2CCN(Cc3c(C)noc3C)C(=O)N=C2O1. The van der Waals surface area contributed by atoms with E-state index in [1.807, 2.05) is 6.92 Å². The van der Waals surface area contributed by atoms with Crippen LogP contribution < -0.4 is 5.32 Å². The van der Waals surface area contributed by atoms with Crippen LogP contribution in [0.25, 0.3) is 0 Å². The first-order valence-corrected chi connectivity index (χ1v) is 9.28. The first-order valence-electron chi connectivity index (χ1n) is 9.28. The van der Waals surface area contributed by atoms with Gasteiger partial charge in [-0.25, -0.2) is 4.79 Å².